The van der Waals surface area contributed by atoms with Crippen LogP contribution in [0.25, 0.3) is 0 Å². The van der Waals surface area contributed by atoms with E-state index < -0.39 is 0 Å². The second kappa shape index (κ2) is 2750. The van der Waals surface area contributed by atoms with Crippen LogP contribution in [-0.2, 0) is 0 Å². The van der Waals surface area contributed by atoms with Gasteiger partial charge in [-0.15, -0.1) is 31.0 Å². The van der Waals surface area contributed by atoms with Gasteiger partial charge in [0, 0.05) is 19.9 Å². The molecule has 0 rings (SSSR count). The topological polar surface area (TPSA) is 68.3 Å². The molecule has 66 valence electrons. The lowest BCUT2D eigenvalue weighted by atomic mass is 11.3. The third kappa shape index (κ3) is 1910. The number of hydrogen-bond acceptors (Lipinski definition) is 4. The predicted molar refractivity (Wildman–Crippen MR) is 64.9 cm³/mol. The third-order valence-electron chi connectivity index (χ3n) is 0. The molecule has 4 nitrogen and oxygen atoms in total. The van der Waals surface area contributed by atoms with Crippen LogP contribution in [0.4, 0.5) is 0 Å². The average Bonchev–Trinajstić information content (AvgIpc) is 2.03. The first-order chi connectivity index (χ1) is 4.00. The zero-order valence-electron chi connectivity index (χ0n) is 5.20. The summed E-state index contributed by atoms with van der Waals surface area (Å²) >= 11 is 0. The van der Waals surface area contributed by atoms with Crippen molar-refractivity contribution >= 4 is 44.8 Å². The lowest BCUT2D eigenvalue weighted by molar-refractivity contribution is 2.66. The highest BCUT2D eigenvalue weighted by molar-refractivity contribution is 7.92. The SMILES string of the molecule is C=C.O=O.O=O.PP.S.S. The van der Waals surface area contributed by atoms with Gasteiger partial charge in [0.05, 0.1) is 0 Å². The third-order valence-corrected chi connectivity index (χ3v) is 0. The molecule has 0 amide bonds. The maximum Gasteiger partial charge on any atom is 0 e. The smallest absolute Gasteiger partial charge is 0 e. The van der Waals surface area contributed by atoms with Crippen LogP contribution in [0.15, 0.2) is 13.2 Å². The van der Waals surface area contributed by atoms with Crippen LogP contribution in [0.2, 0.25) is 0 Å². The summed E-state index contributed by atoms with van der Waals surface area (Å²) in [5.41, 5.74) is 0. The normalized spacial score (nSPS) is 1.80. The molecule has 0 aromatic carbocycles. The van der Waals surface area contributed by atoms with Crippen LogP contribution in [0.1, 0.15) is 0 Å². The maximum absolute atomic E-state index is 7.00. The first-order valence-corrected chi connectivity index (χ1v) is 3.83. The summed E-state index contributed by atoms with van der Waals surface area (Å²) in [5, 5.41) is 0. The van der Waals surface area contributed by atoms with Gasteiger partial charge in [-0.3, -0.25) is 0 Å². The van der Waals surface area contributed by atoms with Gasteiger partial charge < -0.3 is 0 Å². The van der Waals surface area contributed by atoms with Gasteiger partial charge in [0.2, 0.25) is 0 Å². The molecule has 0 spiro atoms. The Kier molecular flexibility index (Phi) is 12800. The Balaban J connectivity index is -0.00000000500. The highest BCUT2D eigenvalue weighted by Gasteiger charge is 0.882. The van der Waals surface area contributed by atoms with E-state index in [9.17, 15) is 0 Å². The zero-order valence-corrected chi connectivity index (χ0v) is 9.51. The Hall–Kier alpha value is 0.500. The first-order valence-electron chi connectivity index (χ1n) is 1.17. The van der Waals surface area contributed by atoms with Gasteiger partial charge in [0.1, 0.15) is 0 Å². The monoisotopic (exact) mass is 226 g/mol. The highest BCUT2D eigenvalue weighted by Crippen LogP contribution is 1.86. The summed E-state index contributed by atoms with van der Waals surface area (Å²) in [6.45, 7) is 6.00. The molecule has 8 heteroatoms. The average molecular weight is 226 g/mol. The Morgan fingerprint density at radius 2 is 0.700 bits per heavy atom. The van der Waals surface area contributed by atoms with E-state index in [0.29, 0.717) is 0 Å². The maximum atomic E-state index is 7.00. The van der Waals surface area contributed by atoms with Gasteiger partial charge in [0.25, 0.3) is 0 Å². The summed E-state index contributed by atoms with van der Waals surface area (Å²) in [6, 6.07) is 0. The molecule has 0 aliphatic rings. The largest absolute Gasteiger partial charge is 0.197 e. The number of hydrogen-bond donors (Lipinski definition) is 0. The Bertz CT molecular complexity index is 24.0. The molecule has 0 saturated heterocycles. The van der Waals surface area contributed by atoms with Crippen molar-refractivity contribution in [2.24, 2.45) is 0 Å². The molecule has 0 aromatic heterocycles. The van der Waals surface area contributed by atoms with Crippen molar-refractivity contribution in [2.75, 3.05) is 0 Å². The summed E-state index contributed by atoms with van der Waals surface area (Å²) in [4.78, 5) is 28.0. The first kappa shape index (κ1) is 46.8. The van der Waals surface area contributed by atoms with E-state index in [-0.39, 0.29) is 27.0 Å². The lowest BCUT2D eigenvalue weighted by Crippen LogP contribution is -0.674. The van der Waals surface area contributed by atoms with Crippen molar-refractivity contribution in [1.29, 1.82) is 0 Å². The zero-order chi connectivity index (χ0) is 8.00. The second-order valence-corrected chi connectivity index (χ2v) is 0. The lowest BCUT2D eigenvalue weighted by Gasteiger charge is -1.12. The van der Waals surface area contributed by atoms with E-state index in [1.807, 2.05) is 0 Å². The molecule has 0 N–H and O–H groups in total. The van der Waals surface area contributed by atoms with Crippen LogP contribution in [0, 0.1) is 19.9 Å². The quantitative estimate of drug-likeness (QED) is 0.466. The van der Waals surface area contributed by atoms with Crippen molar-refractivity contribution in [1.82, 2.24) is 0 Å². The number of rotatable bonds is 0. The Morgan fingerprint density at radius 3 is 0.700 bits per heavy atom. The van der Waals surface area contributed by atoms with Crippen LogP contribution in [-0.4, -0.2) is 0 Å². The fourth-order valence-electron chi connectivity index (χ4n) is 0. The molecule has 0 fully saturated rings. The van der Waals surface area contributed by atoms with Crippen molar-refractivity contribution in [2.45, 2.75) is 0 Å². The minimum absolute atomic E-state index is 0. The molecular weight excluding hydrogens is 214 g/mol. The van der Waals surface area contributed by atoms with Crippen molar-refractivity contribution < 1.29 is 0 Å². The van der Waals surface area contributed by atoms with E-state index >= 15 is 0 Å². The van der Waals surface area contributed by atoms with Gasteiger partial charge in [-0.05, 0) is 0 Å². The van der Waals surface area contributed by atoms with Crippen LogP contribution < -0.4 is 0 Å². The minimum atomic E-state index is 0. The van der Waals surface area contributed by atoms with E-state index in [4.69, 9.17) is 19.9 Å². The fraction of sp³-hybridized carbons (Fsp3) is 0. The standard InChI is InChI=1S/C2H4.2O2.H4P2.2H2S/c4*1-2;;/h1-2H2;;;1-2H2;2*1H2. The molecule has 0 aromatic rings. The highest BCUT2D eigenvalue weighted by atomic mass is 32.1. The molecule has 0 aliphatic heterocycles. The van der Waals surface area contributed by atoms with Gasteiger partial charge in [-0.1, -0.05) is 0 Å². The van der Waals surface area contributed by atoms with Crippen molar-refractivity contribution in [3.05, 3.63) is 33.0 Å². The van der Waals surface area contributed by atoms with E-state index in [0.717, 1.165) is 0 Å². The van der Waals surface area contributed by atoms with E-state index in [1.165, 1.54) is 0 Å². The molecule has 2 atom stereocenters. The van der Waals surface area contributed by atoms with Crippen molar-refractivity contribution in [3.63, 3.8) is 0 Å². The van der Waals surface area contributed by atoms with Crippen LogP contribution >= 0.6 is 44.8 Å². The summed E-state index contributed by atoms with van der Waals surface area (Å²) in [7, 11) is 4.67. The molecular formula is C2H12O4P2S2. The predicted octanol–water partition coefficient (Wildman–Crippen LogP) is 1.81. The summed E-state index contributed by atoms with van der Waals surface area (Å²) in [6.07, 6.45) is 0. The Morgan fingerprint density at radius 1 is 0.700 bits per heavy atom. The molecule has 0 radical (unpaired) electrons. The van der Waals surface area contributed by atoms with E-state index in [1.54, 1.807) is 0 Å². The second-order valence-electron chi connectivity index (χ2n) is 0. The van der Waals surface area contributed by atoms with E-state index in [2.05, 4.69) is 31.0 Å². The molecule has 0 heterocycles. The molecule has 2 unspecified atom stereocenters. The van der Waals surface area contributed by atoms with Crippen molar-refractivity contribution in [3.8, 4) is 0 Å². The summed E-state index contributed by atoms with van der Waals surface area (Å²) in [5.74, 6) is 0. The molecule has 10 heavy (non-hydrogen) atoms. The van der Waals surface area contributed by atoms with Gasteiger partial charge in [-0.25, -0.2) is 0 Å². The molecule has 0 saturated carbocycles. The van der Waals surface area contributed by atoms with Crippen LogP contribution in [0.3, 0.4) is 0 Å². The Labute approximate surface area is 78.2 Å². The van der Waals surface area contributed by atoms with Gasteiger partial charge in [0.15, 0.2) is 0 Å². The van der Waals surface area contributed by atoms with Gasteiger partial charge >= 0.3 is 0 Å². The molecule has 0 aliphatic carbocycles. The van der Waals surface area contributed by atoms with Crippen LogP contribution in [0.5, 0.6) is 0 Å². The van der Waals surface area contributed by atoms with Gasteiger partial charge in [-0.2, -0.15) is 27.0 Å². The summed E-state index contributed by atoms with van der Waals surface area (Å²) < 4.78 is 0. The fourth-order valence-corrected chi connectivity index (χ4v) is 0. The molecule has 0 bridgehead atoms. The minimum Gasteiger partial charge on any atom is -0.197 e.